The summed E-state index contributed by atoms with van der Waals surface area (Å²) in [5.74, 6) is 0.622. The first-order chi connectivity index (χ1) is 9.95. The Morgan fingerprint density at radius 3 is 2.90 bits per heavy atom. The maximum Gasteiger partial charge on any atom is 0.237 e. The molecule has 0 aliphatic carbocycles. The SMILES string of the molecule is CC(C)c1cc(NC(=O)CSc2cc(Cl)ccc2N)on1. The van der Waals surface area contributed by atoms with Gasteiger partial charge in [0.25, 0.3) is 0 Å². The maximum absolute atomic E-state index is 11.9. The second-order valence-electron chi connectivity index (χ2n) is 4.79. The Hall–Kier alpha value is -1.66. The number of nitrogen functional groups attached to an aromatic ring is 1. The summed E-state index contributed by atoms with van der Waals surface area (Å²) in [5.41, 5.74) is 7.22. The molecule has 1 amide bonds. The van der Waals surface area contributed by atoms with Gasteiger partial charge in [-0.05, 0) is 24.1 Å². The Morgan fingerprint density at radius 1 is 1.48 bits per heavy atom. The quantitative estimate of drug-likeness (QED) is 0.646. The monoisotopic (exact) mass is 325 g/mol. The summed E-state index contributed by atoms with van der Waals surface area (Å²) in [7, 11) is 0. The molecule has 0 unspecified atom stereocenters. The van der Waals surface area contributed by atoms with E-state index >= 15 is 0 Å². The number of carbonyl (C=O) groups is 1. The first-order valence-corrected chi connectivity index (χ1v) is 7.76. The molecule has 0 spiro atoms. The van der Waals surface area contributed by atoms with Crippen LogP contribution in [0.5, 0.6) is 0 Å². The fourth-order valence-electron chi connectivity index (χ4n) is 1.57. The summed E-state index contributed by atoms with van der Waals surface area (Å²) in [6.45, 7) is 4.00. The van der Waals surface area contributed by atoms with E-state index in [1.165, 1.54) is 11.8 Å². The van der Waals surface area contributed by atoms with E-state index in [9.17, 15) is 4.79 Å². The summed E-state index contributed by atoms with van der Waals surface area (Å²) in [6, 6.07) is 6.89. The molecular formula is C14H16ClN3O2S. The molecule has 0 bridgehead atoms. The van der Waals surface area contributed by atoms with E-state index < -0.39 is 0 Å². The first-order valence-electron chi connectivity index (χ1n) is 6.40. The highest BCUT2D eigenvalue weighted by Gasteiger charge is 2.11. The van der Waals surface area contributed by atoms with E-state index in [0.717, 1.165) is 10.6 Å². The average Bonchev–Trinajstić information content (AvgIpc) is 2.88. The van der Waals surface area contributed by atoms with Crippen molar-refractivity contribution in [3.8, 4) is 0 Å². The van der Waals surface area contributed by atoms with Gasteiger partial charge in [0.15, 0.2) is 0 Å². The number of thioether (sulfide) groups is 1. The van der Waals surface area contributed by atoms with Crippen molar-refractivity contribution in [1.82, 2.24) is 5.16 Å². The standard InChI is InChI=1S/C14H16ClN3O2S/c1-8(2)11-6-14(20-18-11)17-13(19)7-21-12-5-9(15)3-4-10(12)16/h3-6,8H,7,16H2,1-2H3,(H,17,19). The first kappa shape index (κ1) is 15.7. The number of hydrogen-bond donors (Lipinski definition) is 2. The molecule has 21 heavy (non-hydrogen) atoms. The number of halogens is 1. The van der Waals surface area contributed by atoms with Crippen molar-refractivity contribution in [2.45, 2.75) is 24.7 Å². The van der Waals surface area contributed by atoms with Crippen LogP contribution in [0.2, 0.25) is 5.02 Å². The lowest BCUT2D eigenvalue weighted by atomic mass is 10.1. The van der Waals surface area contributed by atoms with Gasteiger partial charge >= 0.3 is 0 Å². The minimum atomic E-state index is -0.189. The normalized spacial score (nSPS) is 10.9. The van der Waals surface area contributed by atoms with Crippen LogP contribution in [0.4, 0.5) is 11.6 Å². The number of anilines is 2. The fourth-order valence-corrected chi connectivity index (χ4v) is 2.61. The highest BCUT2D eigenvalue weighted by atomic mass is 35.5. The van der Waals surface area contributed by atoms with Gasteiger partial charge in [0.2, 0.25) is 11.8 Å². The van der Waals surface area contributed by atoms with Crippen molar-refractivity contribution in [2.75, 3.05) is 16.8 Å². The number of carbonyl (C=O) groups excluding carboxylic acids is 1. The number of aromatic nitrogens is 1. The average molecular weight is 326 g/mol. The predicted octanol–water partition coefficient (Wildman–Crippen LogP) is 3.76. The van der Waals surface area contributed by atoms with Crippen LogP contribution >= 0.6 is 23.4 Å². The molecule has 0 radical (unpaired) electrons. The van der Waals surface area contributed by atoms with Crippen molar-refractivity contribution in [2.24, 2.45) is 0 Å². The molecule has 0 aliphatic heterocycles. The molecule has 1 aromatic carbocycles. The van der Waals surface area contributed by atoms with Gasteiger partial charge in [-0.25, -0.2) is 0 Å². The van der Waals surface area contributed by atoms with Crippen LogP contribution in [0.1, 0.15) is 25.5 Å². The Bertz CT molecular complexity index is 643. The summed E-state index contributed by atoms with van der Waals surface area (Å²) in [5, 5.41) is 7.12. The molecular weight excluding hydrogens is 310 g/mol. The molecule has 2 aromatic rings. The zero-order valence-electron chi connectivity index (χ0n) is 11.7. The summed E-state index contributed by atoms with van der Waals surface area (Å²) >= 11 is 7.22. The fraction of sp³-hybridized carbons (Fsp3) is 0.286. The molecule has 0 atom stereocenters. The van der Waals surface area contributed by atoms with Crippen molar-refractivity contribution in [3.05, 3.63) is 35.0 Å². The maximum atomic E-state index is 11.9. The molecule has 7 heteroatoms. The van der Waals surface area contributed by atoms with E-state index in [1.807, 2.05) is 13.8 Å². The smallest absolute Gasteiger partial charge is 0.237 e. The predicted molar refractivity (Wildman–Crippen MR) is 85.8 cm³/mol. The van der Waals surface area contributed by atoms with E-state index in [1.54, 1.807) is 24.3 Å². The molecule has 3 N–H and O–H groups in total. The summed E-state index contributed by atoms with van der Waals surface area (Å²) in [6.07, 6.45) is 0. The van der Waals surface area contributed by atoms with Crippen molar-refractivity contribution in [3.63, 3.8) is 0 Å². The highest BCUT2D eigenvalue weighted by molar-refractivity contribution is 8.00. The van der Waals surface area contributed by atoms with Crippen LogP contribution < -0.4 is 11.1 Å². The molecule has 1 aromatic heterocycles. The molecule has 0 aliphatic rings. The molecule has 5 nitrogen and oxygen atoms in total. The van der Waals surface area contributed by atoms with E-state index in [2.05, 4.69) is 10.5 Å². The number of nitrogens with zero attached hydrogens (tertiary/aromatic N) is 1. The number of benzene rings is 1. The minimum Gasteiger partial charge on any atom is -0.398 e. The van der Waals surface area contributed by atoms with Crippen LogP contribution in [0.25, 0.3) is 0 Å². The van der Waals surface area contributed by atoms with Gasteiger partial charge in [0, 0.05) is 21.7 Å². The number of rotatable bonds is 5. The van der Waals surface area contributed by atoms with Crippen LogP contribution in [0, 0.1) is 0 Å². The lowest BCUT2D eigenvalue weighted by Gasteiger charge is -2.05. The molecule has 2 rings (SSSR count). The van der Waals surface area contributed by atoms with Crippen LogP contribution in [-0.2, 0) is 4.79 Å². The summed E-state index contributed by atoms with van der Waals surface area (Å²) < 4.78 is 5.05. The topological polar surface area (TPSA) is 81.2 Å². The minimum absolute atomic E-state index is 0.189. The van der Waals surface area contributed by atoms with Gasteiger partial charge in [-0.3, -0.25) is 10.1 Å². The Morgan fingerprint density at radius 2 is 2.24 bits per heavy atom. The van der Waals surface area contributed by atoms with E-state index in [0.29, 0.717) is 16.6 Å². The van der Waals surface area contributed by atoms with Crippen LogP contribution in [0.15, 0.2) is 33.7 Å². The van der Waals surface area contributed by atoms with Crippen molar-refractivity contribution < 1.29 is 9.32 Å². The lowest BCUT2D eigenvalue weighted by Crippen LogP contribution is -2.13. The second kappa shape index (κ2) is 6.87. The Kier molecular flexibility index (Phi) is 5.14. The Balaban J connectivity index is 1.91. The van der Waals surface area contributed by atoms with Crippen LogP contribution in [0.3, 0.4) is 0 Å². The number of hydrogen-bond acceptors (Lipinski definition) is 5. The molecule has 0 saturated carbocycles. The van der Waals surface area contributed by atoms with Gasteiger partial charge in [0.05, 0.1) is 11.4 Å². The van der Waals surface area contributed by atoms with Crippen LogP contribution in [-0.4, -0.2) is 16.8 Å². The highest BCUT2D eigenvalue weighted by Crippen LogP contribution is 2.28. The van der Waals surface area contributed by atoms with E-state index in [-0.39, 0.29) is 17.6 Å². The third-order valence-corrected chi connectivity index (χ3v) is 4.02. The van der Waals surface area contributed by atoms with Gasteiger partial charge in [-0.1, -0.05) is 30.6 Å². The van der Waals surface area contributed by atoms with Gasteiger partial charge in [-0.2, -0.15) is 0 Å². The zero-order valence-corrected chi connectivity index (χ0v) is 13.3. The lowest BCUT2D eigenvalue weighted by molar-refractivity contribution is -0.113. The molecule has 1 heterocycles. The van der Waals surface area contributed by atoms with E-state index in [4.69, 9.17) is 21.9 Å². The number of nitrogens with two attached hydrogens (primary N) is 1. The summed E-state index contributed by atoms with van der Waals surface area (Å²) in [4.78, 5) is 12.6. The number of nitrogens with one attached hydrogen (secondary N) is 1. The molecule has 112 valence electrons. The van der Waals surface area contributed by atoms with Gasteiger partial charge in [0.1, 0.15) is 0 Å². The second-order valence-corrected chi connectivity index (χ2v) is 6.24. The molecule has 0 saturated heterocycles. The van der Waals surface area contributed by atoms with Crippen molar-refractivity contribution in [1.29, 1.82) is 0 Å². The largest absolute Gasteiger partial charge is 0.398 e. The zero-order chi connectivity index (χ0) is 15.4. The van der Waals surface area contributed by atoms with Gasteiger partial charge < -0.3 is 10.3 Å². The van der Waals surface area contributed by atoms with Crippen molar-refractivity contribution >= 4 is 40.8 Å². The van der Waals surface area contributed by atoms with Gasteiger partial charge in [-0.15, -0.1) is 11.8 Å². The third-order valence-electron chi connectivity index (χ3n) is 2.72. The Labute approximate surface area is 132 Å². The number of amides is 1. The third kappa shape index (κ3) is 4.41. The molecule has 0 fully saturated rings.